The van der Waals surface area contributed by atoms with E-state index in [-0.39, 0.29) is 5.75 Å². The lowest BCUT2D eigenvalue weighted by Gasteiger charge is -2.32. The molecule has 1 unspecified atom stereocenters. The zero-order valence-corrected chi connectivity index (χ0v) is 11.6. The molecule has 1 aromatic rings. The monoisotopic (exact) mass is 268 g/mol. The van der Waals surface area contributed by atoms with E-state index < -0.39 is 0 Å². The van der Waals surface area contributed by atoms with E-state index in [0.717, 1.165) is 12.1 Å². The molecule has 0 saturated carbocycles. The SMILES string of the molecule is CN1CCCCC1CNCc1c(O)cccc1Cl. The average molecular weight is 269 g/mol. The molecule has 1 fully saturated rings. The molecule has 1 aliphatic heterocycles. The number of phenolic OH excluding ortho intramolecular Hbond substituents is 1. The van der Waals surface area contributed by atoms with E-state index in [1.54, 1.807) is 12.1 Å². The molecule has 2 rings (SSSR count). The molecule has 3 nitrogen and oxygen atoms in total. The van der Waals surface area contributed by atoms with Gasteiger partial charge in [0.05, 0.1) is 0 Å². The molecule has 0 spiro atoms. The number of nitrogens with one attached hydrogen (secondary N) is 1. The summed E-state index contributed by atoms with van der Waals surface area (Å²) in [4.78, 5) is 2.41. The lowest BCUT2D eigenvalue weighted by Crippen LogP contribution is -2.42. The Morgan fingerprint density at radius 2 is 2.28 bits per heavy atom. The molecular formula is C14H21ClN2O. The molecular weight excluding hydrogens is 248 g/mol. The third kappa shape index (κ3) is 3.37. The third-order valence-electron chi connectivity index (χ3n) is 3.70. The molecule has 1 aromatic carbocycles. The Balaban J connectivity index is 1.84. The van der Waals surface area contributed by atoms with Gasteiger partial charge in [0, 0.05) is 29.7 Å². The molecule has 1 heterocycles. The van der Waals surface area contributed by atoms with E-state index >= 15 is 0 Å². The number of hydrogen-bond acceptors (Lipinski definition) is 3. The van der Waals surface area contributed by atoms with Crippen molar-refractivity contribution < 1.29 is 5.11 Å². The van der Waals surface area contributed by atoms with Gasteiger partial charge in [-0.05, 0) is 38.6 Å². The van der Waals surface area contributed by atoms with Crippen LogP contribution in [0.1, 0.15) is 24.8 Å². The van der Waals surface area contributed by atoms with E-state index in [1.165, 1.54) is 25.8 Å². The molecule has 1 aliphatic rings. The number of rotatable bonds is 4. The Labute approximate surface area is 114 Å². The van der Waals surface area contributed by atoms with Gasteiger partial charge in [0.25, 0.3) is 0 Å². The molecule has 18 heavy (non-hydrogen) atoms. The van der Waals surface area contributed by atoms with E-state index in [2.05, 4.69) is 17.3 Å². The second-order valence-electron chi connectivity index (χ2n) is 5.00. The lowest BCUT2D eigenvalue weighted by molar-refractivity contribution is 0.181. The number of piperidine rings is 1. The van der Waals surface area contributed by atoms with Crippen molar-refractivity contribution >= 4 is 11.6 Å². The molecule has 4 heteroatoms. The second kappa shape index (κ2) is 6.41. The van der Waals surface area contributed by atoms with Crippen LogP contribution >= 0.6 is 11.6 Å². The Kier molecular flexibility index (Phi) is 4.87. The molecule has 0 aliphatic carbocycles. The van der Waals surface area contributed by atoms with Crippen molar-refractivity contribution in [1.82, 2.24) is 10.2 Å². The van der Waals surface area contributed by atoms with Crippen molar-refractivity contribution in [3.63, 3.8) is 0 Å². The van der Waals surface area contributed by atoms with Crippen molar-refractivity contribution in [2.45, 2.75) is 31.8 Å². The number of hydrogen-bond donors (Lipinski definition) is 2. The van der Waals surface area contributed by atoms with Gasteiger partial charge in [-0.15, -0.1) is 0 Å². The molecule has 0 bridgehead atoms. The van der Waals surface area contributed by atoms with Gasteiger partial charge < -0.3 is 15.3 Å². The predicted molar refractivity (Wildman–Crippen MR) is 75.1 cm³/mol. The first-order valence-electron chi connectivity index (χ1n) is 6.56. The van der Waals surface area contributed by atoms with Gasteiger partial charge in [0.15, 0.2) is 0 Å². The summed E-state index contributed by atoms with van der Waals surface area (Å²) in [7, 11) is 2.18. The van der Waals surface area contributed by atoms with Crippen LogP contribution in [0.4, 0.5) is 0 Å². The summed E-state index contributed by atoms with van der Waals surface area (Å²) < 4.78 is 0. The standard InChI is InChI=1S/C14H21ClN2O/c1-17-8-3-2-5-11(17)9-16-10-12-13(15)6-4-7-14(12)18/h4,6-7,11,16,18H,2-3,5,8-10H2,1H3. The highest BCUT2D eigenvalue weighted by atomic mass is 35.5. The van der Waals surface area contributed by atoms with Crippen LogP contribution in [-0.4, -0.2) is 36.2 Å². The van der Waals surface area contributed by atoms with Crippen molar-refractivity contribution in [2.24, 2.45) is 0 Å². The van der Waals surface area contributed by atoms with E-state index in [0.29, 0.717) is 17.6 Å². The van der Waals surface area contributed by atoms with Crippen molar-refractivity contribution in [2.75, 3.05) is 20.1 Å². The van der Waals surface area contributed by atoms with Gasteiger partial charge in [0.1, 0.15) is 5.75 Å². The van der Waals surface area contributed by atoms with Crippen LogP contribution in [0.25, 0.3) is 0 Å². The first kappa shape index (κ1) is 13.7. The van der Waals surface area contributed by atoms with Gasteiger partial charge in [-0.25, -0.2) is 0 Å². The average Bonchev–Trinajstić information content (AvgIpc) is 2.35. The molecule has 0 aromatic heterocycles. The normalized spacial score (nSPS) is 21.1. The first-order chi connectivity index (χ1) is 8.68. The van der Waals surface area contributed by atoms with Gasteiger partial charge in [0.2, 0.25) is 0 Å². The van der Waals surface area contributed by atoms with E-state index in [4.69, 9.17) is 11.6 Å². The topological polar surface area (TPSA) is 35.5 Å². The Morgan fingerprint density at radius 3 is 3.00 bits per heavy atom. The zero-order valence-electron chi connectivity index (χ0n) is 10.8. The highest BCUT2D eigenvalue weighted by Crippen LogP contribution is 2.25. The summed E-state index contributed by atoms with van der Waals surface area (Å²) in [5.41, 5.74) is 0.789. The number of nitrogens with zero attached hydrogens (tertiary/aromatic N) is 1. The van der Waals surface area contributed by atoms with Crippen molar-refractivity contribution in [3.8, 4) is 5.75 Å². The maximum absolute atomic E-state index is 9.75. The fourth-order valence-electron chi connectivity index (χ4n) is 2.49. The molecule has 1 atom stereocenters. The smallest absolute Gasteiger partial charge is 0.121 e. The zero-order chi connectivity index (χ0) is 13.0. The summed E-state index contributed by atoms with van der Waals surface area (Å²) in [6.07, 6.45) is 3.87. The van der Waals surface area contributed by atoms with E-state index in [9.17, 15) is 5.11 Å². The molecule has 1 saturated heterocycles. The maximum Gasteiger partial charge on any atom is 0.121 e. The maximum atomic E-state index is 9.75. The number of likely N-dealkylation sites (tertiary alicyclic amines) is 1. The predicted octanol–water partition coefficient (Wildman–Crippen LogP) is 2.62. The quantitative estimate of drug-likeness (QED) is 0.881. The summed E-state index contributed by atoms with van der Waals surface area (Å²) in [6, 6.07) is 5.85. The number of phenols is 1. The fourth-order valence-corrected chi connectivity index (χ4v) is 2.72. The minimum Gasteiger partial charge on any atom is -0.508 e. The molecule has 2 N–H and O–H groups in total. The van der Waals surface area contributed by atoms with Gasteiger partial charge in [-0.2, -0.15) is 0 Å². The number of aromatic hydroxyl groups is 1. The third-order valence-corrected chi connectivity index (χ3v) is 4.05. The van der Waals surface area contributed by atoms with Crippen LogP contribution in [0.5, 0.6) is 5.75 Å². The van der Waals surface area contributed by atoms with E-state index in [1.807, 2.05) is 6.07 Å². The van der Waals surface area contributed by atoms with Crippen molar-refractivity contribution in [1.29, 1.82) is 0 Å². The first-order valence-corrected chi connectivity index (χ1v) is 6.93. The Bertz CT molecular complexity index is 377. The number of benzene rings is 1. The van der Waals surface area contributed by atoms with Gasteiger partial charge in [-0.3, -0.25) is 0 Å². The van der Waals surface area contributed by atoms with Crippen LogP contribution < -0.4 is 5.32 Å². The summed E-state index contributed by atoms with van der Waals surface area (Å²) >= 11 is 6.07. The van der Waals surface area contributed by atoms with Crippen LogP contribution in [0.2, 0.25) is 5.02 Å². The van der Waals surface area contributed by atoms with Crippen molar-refractivity contribution in [3.05, 3.63) is 28.8 Å². The van der Waals surface area contributed by atoms with Crippen LogP contribution in [0.15, 0.2) is 18.2 Å². The number of likely N-dealkylation sites (N-methyl/N-ethyl adjacent to an activating group) is 1. The van der Waals surface area contributed by atoms with Crippen LogP contribution in [0, 0.1) is 0 Å². The fraction of sp³-hybridized carbons (Fsp3) is 0.571. The van der Waals surface area contributed by atoms with Crippen LogP contribution in [-0.2, 0) is 6.54 Å². The van der Waals surface area contributed by atoms with Crippen LogP contribution in [0.3, 0.4) is 0 Å². The Morgan fingerprint density at radius 1 is 1.44 bits per heavy atom. The lowest BCUT2D eigenvalue weighted by atomic mass is 10.0. The number of halogens is 1. The van der Waals surface area contributed by atoms with Gasteiger partial charge in [-0.1, -0.05) is 24.1 Å². The highest BCUT2D eigenvalue weighted by molar-refractivity contribution is 6.31. The summed E-state index contributed by atoms with van der Waals surface area (Å²) in [5, 5.41) is 13.8. The molecule has 0 amide bonds. The molecule has 100 valence electrons. The summed E-state index contributed by atoms with van der Waals surface area (Å²) in [6.45, 7) is 2.75. The molecule has 0 radical (unpaired) electrons. The minimum absolute atomic E-state index is 0.270. The highest BCUT2D eigenvalue weighted by Gasteiger charge is 2.18. The summed E-state index contributed by atoms with van der Waals surface area (Å²) in [5.74, 6) is 0.270. The van der Waals surface area contributed by atoms with Gasteiger partial charge >= 0.3 is 0 Å². The Hall–Kier alpha value is -0.770. The second-order valence-corrected chi connectivity index (χ2v) is 5.41. The minimum atomic E-state index is 0.270. The largest absolute Gasteiger partial charge is 0.508 e.